The molecule has 2 nitrogen and oxygen atoms in total. The first-order valence-electron chi connectivity index (χ1n) is 7.63. The molecule has 1 fully saturated rings. The molecule has 2 rings (SSSR count). The van der Waals surface area contributed by atoms with Crippen LogP contribution in [0.2, 0.25) is 0 Å². The van der Waals surface area contributed by atoms with E-state index in [4.69, 9.17) is 4.74 Å². The van der Waals surface area contributed by atoms with E-state index in [1.54, 1.807) is 0 Å². The Hall–Kier alpha value is -1.02. The largest absolute Gasteiger partial charge is 0.490 e. The molecule has 2 heteroatoms. The molecule has 1 aromatic carbocycles. The molecule has 2 atom stereocenters. The molecule has 0 aliphatic heterocycles. The topological polar surface area (TPSA) is 21.3 Å². The van der Waals surface area contributed by atoms with Crippen molar-refractivity contribution in [3.05, 3.63) is 29.8 Å². The Labute approximate surface area is 117 Å². The third kappa shape index (κ3) is 2.51. The highest BCUT2D eigenvalue weighted by Crippen LogP contribution is 2.48. The van der Waals surface area contributed by atoms with Crippen LogP contribution in [0.3, 0.4) is 0 Å². The summed E-state index contributed by atoms with van der Waals surface area (Å²) in [6, 6.07) is 9.13. The fraction of sp³-hybridized carbons (Fsp3) is 0.647. The van der Waals surface area contributed by atoms with E-state index in [0.717, 1.165) is 18.6 Å². The van der Waals surface area contributed by atoms with Crippen molar-refractivity contribution in [2.45, 2.75) is 58.6 Å². The van der Waals surface area contributed by atoms with Gasteiger partial charge in [0.25, 0.3) is 0 Å². The molecule has 0 amide bonds. The van der Waals surface area contributed by atoms with Gasteiger partial charge in [0.2, 0.25) is 0 Å². The van der Waals surface area contributed by atoms with Crippen LogP contribution in [0.1, 0.15) is 45.6 Å². The Bertz CT molecular complexity index is 411. The standard InChI is InChI=1S/C17H27NO/c1-5-13-9-8-10-14(11-13)19-16-12-15(18-4)17(16,6-2)7-3/h8-11,15-16,18H,5-7,12H2,1-4H3. The molecule has 106 valence electrons. The average molecular weight is 261 g/mol. The van der Waals surface area contributed by atoms with Gasteiger partial charge in [-0.2, -0.15) is 0 Å². The van der Waals surface area contributed by atoms with Crippen LogP contribution in [0, 0.1) is 5.41 Å². The van der Waals surface area contributed by atoms with Gasteiger partial charge in [-0.25, -0.2) is 0 Å². The first-order chi connectivity index (χ1) is 9.20. The van der Waals surface area contributed by atoms with E-state index in [1.807, 2.05) is 0 Å². The van der Waals surface area contributed by atoms with E-state index in [1.165, 1.54) is 18.4 Å². The molecule has 0 spiro atoms. The Balaban J connectivity index is 2.10. The van der Waals surface area contributed by atoms with Gasteiger partial charge in [-0.1, -0.05) is 32.9 Å². The summed E-state index contributed by atoms with van der Waals surface area (Å²) in [5.74, 6) is 1.03. The van der Waals surface area contributed by atoms with Gasteiger partial charge in [-0.3, -0.25) is 0 Å². The Morgan fingerprint density at radius 1 is 1.26 bits per heavy atom. The van der Waals surface area contributed by atoms with Crippen LogP contribution in [-0.2, 0) is 6.42 Å². The highest BCUT2D eigenvalue weighted by molar-refractivity contribution is 5.29. The summed E-state index contributed by atoms with van der Waals surface area (Å²) in [6.07, 6.45) is 4.88. The van der Waals surface area contributed by atoms with E-state index < -0.39 is 0 Å². The molecule has 1 aliphatic carbocycles. The molecule has 1 aromatic rings. The minimum absolute atomic E-state index is 0.303. The number of ether oxygens (including phenoxy) is 1. The minimum Gasteiger partial charge on any atom is -0.490 e. The molecule has 1 N–H and O–H groups in total. The van der Waals surface area contributed by atoms with Crippen LogP contribution in [0.15, 0.2) is 24.3 Å². The Morgan fingerprint density at radius 3 is 2.58 bits per heavy atom. The molecule has 1 saturated carbocycles. The third-order valence-corrected chi connectivity index (χ3v) is 5.03. The van der Waals surface area contributed by atoms with Gasteiger partial charge < -0.3 is 10.1 Å². The van der Waals surface area contributed by atoms with Crippen molar-refractivity contribution in [2.24, 2.45) is 5.41 Å². The number of nitrogens with one attached hydrogen (secondary N) is 1. The van der Waals surface area contributed by atoms with E-state index >= 15 is 0 Å². The van der Waals surface area contributed by atoms with Crippen molar-refractivity contribution in [2.75, 3.05) is 7.05 Å². The first kappa shape index (κ1) is 14.4. The van der Waals surface area contributed by atoms with E-state index in [0.29, 0.717) is 17.6 Å². The van der Waals surface area contributed by atoms with E-state index in [2.05, 4.69) is 57.4 Å². The van der Waals surface area contributed by atoms with Crippen molar-refractivity contribution in [1.29, 1.82) is 0 Å². The molecule has 0 bridgehead atoms. The SMILES string of the molecule is CCc1cccc(OC2CC(NC)C2(CC)CC)c1. The molecule has 0 aromatic heterocycles. The number of rotatable bonds is 6. The van der Waals surface area contributed by atoms with Crippen LogP contribution in [0.25, 0.3) is 0 Å². The van der Waals surface area contributed by atoms with E-state index in [-0.39, 0.29) is 0 Å². The zero-order chi connectivity index (χ0) is 13.9. The summed E-state index contributed by atoms with van der Waals surface area (Å²) in [5, 5.41) is 3.45. The monoisotopic (exact) mass is 261 g/mol. The molecule has 2 unspecified atom stereocenters. The number of hydrogen-bond acceptors (Lipinski definition) is 2. The summed E-state index contributed by atoms with van der Waals surface area (Å²) in [6.45, 7) is 6.75. The molecule has 19 heavy (non-hydrogen) atoms. The Morgan fingerprint density at radius 2 is 2.00 bits per heavy atom. The quantitative estimate of drug-likeness (QED) is 0.841. The van der Waals surface area contributed by atoms with Crippen LogP contribution >= 0.6 is 0 Å². The maximum Gasteiger partial charge on any atom is 0.120 e. The fourth-order valence-electron chi connectivity index (χ4n) is 3.52. The molecule has 0 saturated heterocycles. The maximum atomic E-state index is 6.28. The fourth-order valence-corrected chi connectivity index (χ4v) is 3.52. The van der Waals surface area contributed by atoms with Crippen molar-refractivity contribution in [3.8, 4) is 5.75 Å². The summed E-state index contributed by atoms with van der Waals surface area (Å²) in [4.78, 5) is 0. The lowest BCUT2D eigenvalue weighted by atomic mass is 9.58. The summed E-state index contributed by atoms with van der Waals surface area (Å²) in [7, 11) is 2.07. The van der Waals surface area contributed by atoms with Crippen molar-refractivity contribution >= 4 is 0 Å². The lowest BCUT2D eigenvalue weighted by molar-refractivity contribution is -0.0836. The number of benzene rings is 1. The maximum absolute atomic E-state index is 6.28. The lowest BCUT2D eigenvalue weighted by Gasteiger charge is -2.55. The van der Waals surface area contributed by atoms with Gasteiger partial charge >= 0.3 is 0 Å². The molecule has 0 heterocycles. The minimum atomic E-state index is 0.303. The van der Waals surface area contributed by atoms with Gasteiger partial charge in [-0.05, 0) is 44.0 Å². The first-order valence-corrected chi connectivity index (χ1v) is 7.63. The number of aryl methyl sites for hydroxylation is 1. The third-order valence-electron chi connectivity index (χ3n) is 5.03. The number of hydrogen-bond donors (Lipinski definition) is 1. The van der Waals surface area contributed by atoms with E-state index in [9.17, 15) is 0 Å². The van der Waals surface area contributed by atoms with Crippen LogP contribution in [0.5, 0.6) is 5.75 Å². The van der Waals surface area contributed by atoms with Gasteiger partial charge in [0.15, 0.2) is 0 Å². The summed E-state index contributed by atoms with van der Waals surface area (Å²) >= 11 is 0. The van der Waals surface area contributed by atoms with Crippen molar-refractivity contribution in [3.63, 3.8) is 0 Å². The predicted octanol–water partition coefficient (Wildman–Crippen LogP) is 3.79. The second-order valence-electron chi connectivity index (χ2n) is 5.62. The summed E-state index contributed by atoms with van der Waals surface area (Å²) in [5.41, 5.74) is 1.65. The van der Waals surface area contributed by atoms with Gasteiger partial charge in [0.05, 0.1) is 0 Å². The highest BCUT2D eigenvalue weighted by atomic mass is 16.5. The molecular weight excluding hydrogens is 234 g/mol. The normalized spacial score (nSPS) is 24.8. The van der Waals surface area contributed by atoms with Gasteiger partial charge in [0, 0.05) is 17.9 Å². The zero-order valence-corrected chi connectivity index (χ0v) is 12.7. The lowest BCUT2D eigenvalue weighted by Crippen LogP contribution is -2.63. The summed E-state index contributed by atoms with van der Waals surface area (Å²) < 4.78 is 6.28. The zero-order valence-electron chi connectivity index (χ0n) is 12.7. The van der Waals surface area contributed by atoms with Gasteiger partial charge in [-0.15, -0.1) is 0 Å². The van der Waals surface area contributed by atoms with Crippen molar-refractivity contribution in [1.82, 2.24) is 5.32 Å². The van der Waals surface area contributed by atoms with Crippen molar-refractivity contribution < 1.29 is 4.74 Å². The molecule has 1 aliphatic rings. The highest BCUT2D eigenvalue weighted by Gasteiger charge is 2.53. The average Bonchev–Trinajstić information content (AvgIpc) is 2.45. The molecular formula is C17H27NO. The Kier molecular flexibility index (Phi) is 4.51. The van der Waals surface area contributed by atoms with Crippen LogP contribution in [0.4, 0.5) is 0 Å². The van der Waals surface area contributed by atoms with Crippen LogP contribution in [-0.4, -0.2) is 19.2 Å². The second kappa shape index (κ2) is 5.96. The van der Waals surface area contributed by atoms with Gasteiger partial charge in [0.1, 0.15) is 11.9 Å². The smallest absolute Gasteiger partial charge is 0.120 e. The second-order valence-corrected chi connectivity index (χ2v) is 5.62. The molecule has 0 radical (unpaired) electrons. The predicted molar refractivity (Wildman–Crippen MR) is 80.7 cm³/mol. The van der Waals surface area contributed by atoms with Crippen LogP contribution < -0.4 is 10.1 Å².